The smallest absolute Gasteiger partial charge is 0.329 e. The van der Waals surface area contributed by atoms with E-state index in [9.17, 15) is 14.4 Å². The maximum absolute atomic E-state index is 12.3. The third-order valence-electron chi connectivity index (χ3n) is 4.80. The van der Waals surface area contributed by atoms with Crippen molar-refractivity contribution in [2.75, 3.05) is 17.2 Å². The van der Waals surface area contributed by atoms with Gasteiger partial charge >= 0.3 is 11.8 Å². The number of ether oxygens (including phenoxy) is 1. The highest BCUT2D eigenvalue weighted by atomic mass is 16.5. The highest BCUT2D eigenvalue weighted by Gasteiger charge is 2.13. The molecule has 0 aliphatic carbocycles. The highest BCUT2D eigenvalue weighted by molar-refractivity contribution is 6.39. The average molecular weight is 459 g/mol. The van der Waals surface area contributed by atoms with Crippen molar-refractivity contribution in [3.8, 4) is 5.75 Å². The van der Waals surface area contributed by atoms with Crippen LogP contribution in [0.2, 0.25) is 0 Å². The number of carbonyl (C=O) groups is 3. The van der Waals surface area contributed by atoms with Crippen molar-refractivity contribution in [2.45, 2.75) is 20.8 Å². The van der Waals surface area contributed by atoms with Gasteiger partial charge in [0.15, 0.2) is 6.61 Å². The van der Waals surface area contributed by atoms with Gasteiger partial charge in [-0.25, -0.2) is 5.43 Å². The molecule has 8 nitrogen and oxygen atoms in total. The van der Waals surface area contributed by atoms with E-state index in [0.717, 1.165) is 22.4 Å². The van der Waals surface area contributed by atoms with Crippen molar-refractivity contribution >= 4 is 35.3 Å². The number of aryl methyl sites for hydroxylation is 3. The largest absolute Gasteiger partial charge is 0.483 e. The number of para-hydroxylation sites is 1. The molecular formula is C26H26N4O4. The van der Waals surface area contributed by atoms with Gasteiger partial charge in [-0.05, 0) is 67.8 Å². The Bertz CT molecular complexity index is 1240. The van der Waals surface area contributed by atoms with Gasteiger partial charge in [0.25, 0.3) is 5.91 Å². The summed E-state index contributed by atoms with van der Waals surface area (Å²) in [5.74, 6) is -1.65. The second kappa shape index (κ2) is 11.4. The highest BCUT2D eigenvalue weighted by Crippen LogP contribution is 2.18. The summed E-state index contributed by atoms with van der Waals surface area (Å²) >= 11 is 0. The Hall–Kier alpha value is -4.46. The summed E-state index contributed by atoms with van der Waals surface area (Å²) in [6.07, 6.45) is 1.34. The molecule has 0 atom stereocenters. The molecule has 3 N–H and O–H groups in total. The van der Waals surface area contributed by atoms with Crippen molar-refractivity contribution in [3.05, 3.63) is 89.0 Å². The zero-order valence-electron chi connectivity index (χ0n) is 19.2. The van der Waals surface area contributed by atoms with Gasteiger partial charge in [-0.15, -0.1) is 0 Å². The van der Waals surface area contributed by atoms with E-state index < -0.39 is 11.8 Å². The Morgan fingerprint density at radius 3 is 2.41 bits per heavy atom. The first-order valence-electron chi connectivity index (χ1n) is 10.6. The molecule has 0 spiro atoms. The van der Waals surface area contributed by atoms with Gasteiger partial charge < -0.3 is 15.4 Å². The molecule has 0 aliphatic rings. The molecule has 0 aliphatic heterocycles. The number of nitrogens with one attached hydrogen (secondary N) is 3. The number of amides is 3. The van der Waals surface area contributed by atoms with Gasteiger partial charge in [0, 0.05) is 16.9 Å². The zero-order valence-corrected chi connectivity index (χ0v) is 19.2. The topological polar surface area (TPSA) is 109 Å². The van der Waals surface area contributed by atoms with Gasteiger partial charge in [0.05, 0.1) is 6.21 Å². The fourth-order valence-corrected chi connectivity index (χ4v) is 3.04. The van der Waals surface area contributed by atoms with E-state index in [-0.39, 0.29) is 12.5 Å². The van der Waals surface area contributed by atoms with Crippen LogP contribution >= 0.6 is 0 Å². The van der Waals surface area contributed by atoms with Crippen molar-refractivity contribution < 1.29 is 19.1 Å². The summed E-state index contributed by atoms with van der Waals surface area (Å²) in [4.78, 5) is 36.4. The van der Waals surface area contributed by atoms with Crippen molar-refractivity contribution in [1.82, 2.24) is 5.43 Å². The van der Waals surface area contributed by atoms with E-state index in [2.05, 4.69) is 21.2 Å². The molecule has 34 heavy (non-hydrogen) atoms. The number of hydrogen-bond donors (Lipinski definition) is 3. The number of hydrazone groups is 1. The first kappa shape index (κ1) is 24.2. The Balaban J connectivity index is 1.55. The van der Waals surface area contributed by atoms with Crippen molar-refractivity contribution in [2.24, 2.45) is 5.10 Å². The molecule has 0 saturated carbocycles. The molecule has 0 bridgehead atoms. The molecule has 3 rings (SSSR count). The maximum Gasteiger partial charge on any atom is 0.329 e. The number of hydrogen-bond acceptors (Lipinski definition) is 5. The summed E-state index contributed by atoms with van der Waals surface area (Å²) in [7, 11) is 0. The molecule has 0 aromatic heterocycles. The summed E-state index contributed by atoms with van der Waals surface area (Å²) in [5.41, 5.74) is 6.91. The summed E-state index contributed by atoms with van der Waals surface area (Å²) < 4.78 is 5.64. The van der Waals surface area contributed by atoms with E-state index >= 15 is 0 Å². The van der Waals surface area contributed by atoms with Crippen LogP contribution in [-0.4, -0.2) is 30.5 Å². The van der Waals surface area contributed by atoms with E-state index in [1.54, 1.807) is 42.5 Å². The van der Waals surface area contributed by atoms with Crippen molar-refractivity contribution in [1.29, 1.82) is 0 Å². The number of rotatable bonds is 7. The minimum absolute atomic E-state index is 0.205. The minimum Gasteiger partial charge on any atom is -0.483 e. The molecule has 0 unspecified atom stereocenters. The molecule has 174 valence electrons. The SMILES string of the molecule is Cc1cccc(NC(=O)C(=O)N/N=C\c2ccccc2OCC(=O)Nc2cc(C)ccc2C)c1. The number of nitrogens with zero attached hydrogens (tertiary/aromatic N) is 1. The first-order valence-corrected chi connectivity index (χ1v) is 10.6. The van der Waals surface area contributed by atoms with Gasteiger partial charge in [-0.2, -0.15) is 5.10 Å². The molecular weight excluding hydrogens is 432 g/mol. The van der Waals surface area contributed by atoms with E-state index in [1.165, 1.54) is 6.21 Å². The Morgan fingerprint density at radius 1 is 0.853 bits per heavy atom. The fraction of sp³-hybridized carbons (Fsp3) is 0.154. The molecule has 3 aromatic carbocycles. The van der Waals surface area contributed by atoms with Crippen LogP contribution in [0.3, 0.4) is 0 Å². The standard InChI is InChI=1S/C26H26N4O4/c1-17-7-6-9-21(13-17)28-25(32)26(33)30-27-15-20-8-4-5-10-23(20)34-16-24(31)29-22-14-18(2)11-12-19(22)3/h4-15H,16H2,1-3H3,(H,28,32)(H,29,31)(H,30,33)/b27-15-. The lowest BCUT2D eigenvalue weighted by Gasteiger charge is -2.11. The van der Waals surface area contributed by atoms with Gasteiger partial charge in [-0.1, -0.05) is 36.4 Å². The van der Waals surface area contributed by atoms with Crippen LogP contribution in [-0.2, 0) is 14.4 Å². The van der Waals surface area contributed by atoms with Crippen LogP contribution in [0.5, 0.6) is 5.75 Å². The Labute approximate surface area is 198 Å². The molecule has 3 aromatic rings. The molecule has 0 radical (unpaired) electrons. The van der Waals surface area contributed by atoms with Gasteiger partial charge in [-0.3, -0.25) is 14.4 Å². The number of anilines is 2. The molecule has 0 heterocycles. The van der Waals surface area contributed by atoms with Crippen molar-refractivity contribution in [3.63, 3.8) is 0 Å². The quantitative estimate of drug-likeness (QED) is 0.285. The zero-order chi connectivity index (χ0) is 24.5. The molecule has 3 amide bonds. The molecule has 0 saturated heterocycles. The fourth-order valence-electron chi connectivity index (χ4n) is 3.04. The average Bonchev–Trinajstić information content (AvgIpc) is 2.80. The predicted molar refractivity (Wildman–Crippen MR) is 132 cm³/mol. The summed E-state index contributed by atoms with van der Waals surface area (Å²) in [6, 6.07) is 19.8. The monoisotopic (exact) mass is 458 g/mol. The third kappa shape index (κ3) is 7.03. The Kier molecular flexibility index (Phi) is 8.12. The number of carbonyl (C=O) groups excluding carboxylic acids is 3. The Morgan fingerprint density at radius 2 is 1.62 bits per heavy atom. The second-order valence-electron chi connectivity index (χ2n) is 7.72. The van der Waals surface area contributed by atoms with Crippen LogP contribution in [0.1, 0.15) is 22.3 Å². The number of benzene rings is 3. The lowest BCUT2D eigenvalue weighted by Crippen LogP contribution is -2.32. The second-order valence-corrected chi connectivity index (χ2v) is 7.72. The maximum atomic E-state index is 12.3. The summed E-state index contributed by atoms with van der Waals surface area (Å²) in [5, 5.41) is 9.18. The van der Waals surface area contributed by atoms with Crippen LogP contribution in [0, 0.1) is 20.8 Å². The van der Waals surface area contributed by atoms with Crippen LogP contribution in [0.15, 0.2) is 71.8 Å². The first-order chi connectivity index (χ1) is 16.3. The van der Waals surface area contributed by atoms with Crippen LogP contribution in [0.25, 0.3) is 0 Å². The minimum atomic E-state index is -0.913. The van der Waals surface area contributed by atoms with Gasteiger partial charge in [0.1, 0.15) is 5.75 Å². The van der Waals surface area contributed by atoms with E-state index in [0.29, 0.717) is 17.0 Å². The van der Waals surface area contributed by atoms with Crippen LogP contribution in [0.4, 0.5) is 11.4 Å². The lowest BCUT2D eigenvalue weighted by atomic mass is 10.1. The van der Waals surface area contributed by atoms with E-state index in [4.69, 9.17) is 4.74 Å². The molecule has 0 fully saturated rings. The lowest BCUT2D eigenvalue weighted by molar-refractivity contribution is -0.136. The normalized spacial score (nSPS) is 10.6. The van der Waals surface area contributed by atoms with E-state index in [1.807, 2.05) is 45.0 Å². The third-order valence-corrected chi connectivity index (χ3v) is 4.80. The predicted octanol–water partition coefficient (Wildman–Crippen LogP) is 3.72. The molecule has 8 heteroatoms. The van der Waals surface area contributed by atoms with Gasteiger partial charge in [0.2, 0.25) is 0 Å². The summed E-state index contributed by atoms with van der Waals surface area (Å²) in [6.45, 7) is 5.54. The van der Waals surface area contributed by atoms with Crippen LogP contribution < -0.4 is 20.8 Å².